The van der Waals surface area contributed by atoms with Crippen LogP contribution in [-0.4, -0.2) is 34.6 Å². The Bertz CT molecular complexity index is 1370. The zero-order chi connectivity index (χ0) is 25.3. The summed E-state index contributed by atoms with van der Waals surface area (Å²) in [5.74, 6) is -1.17. The number of methoxy groups -OCH3 is 1. The molecule has 8 heteroatoms. The Hall–Kier alpha value is -3.52. The molecule has 1 unspecified atom stereocenters. The zero-order valence-corrected chi connectivity index (χ0v) is 20.1. The van der Waals surface area contributed by atoms with E-state index in [2.05, 4.69) is 10.4 Å². The predicted octanol–water partition coefficient (Wildman–Crippen LogP) is 5.90. The van der Waals surface area contributed by atoms with Crippen LogP contribution in [0, 0.1) is 24.4 Å². The van der Waals surface area contributed by atoms with Crippen LogP contribution in [0.3, 0.4) is 0 Å². The van der Waals surface area contributed by atoms with Gasteiger partial charge in [-0.25, -0.2) is 17.9 Å². The number of aliphatic hydroxyl groups is 1. The van der Waals surface area contributed by atoms with E-state index in [0.717, 1.165) is 22.7 Å². The highest BCUT2D eigenvalue weighted by Crippen LogP contribution is 2.36. The molecule has 4 aromatic rings. The Labute approximate surface area is 202 Å². The molecule has 5 nitrogen and oxygen atoms in total. The highest BCUT2D eigenvalue weighted by molar-refractivity contribution is 5.93. The van der Waals surface area contributed by atoms with Crippen molar-refractivity contribution in [2.45, 2.75) is 38.7 Å². The Morgan fingerprint density at radius 2 is 1.77 bits per heavy atom. The van der Waals surface area contributed by atoms with Gasteiger partial charge in [0.25, 0.3) is 0 Å². The van der Waals surface area contributed by atoms with Crippen molar-refractivity contribution in [3.63, 3.8) is 0 Å². The summed E-state index contributed by atoms with van der Waals surface area (Å²) in [5, 5.41) is 19.1. The van der Waals surface area contributed by atoms with E-state index < -0.39 is 23.2 Å². The number of aliphatic hydroxyl groups excluding tert-OH is 1. The molecule has 0 saturated heterocycles. The number of rotatable bonds is 8. The highest BCUT2D eigenvalue weighted by atomic mass is 19.1. The molecule has 35 heavy (non-hydrogen) atoms. The summed E-state index contributed by atoms with van der Waals surface area (Å²) in [4.78, 5) is 0. The molecule has 0 spiro atoms. The molecule has 4 rings (SSSR count). The monoisotopic (exact) mass is 483 g/mol. The van der Waals surface area contributed by atoms with Crippen molar-refractivity contribution < 1.29 is 23.0 Å². The first-order valence-corrected chi connectivity index (χ1v) is 11.3. The fraction of sp³-hybridized carbons (Fsp3) is 0.296. The highest BCUT2D eigenvalue weighted by Gasteiger charge is 2.28. The van der Waals surface area contributed by atoms with Gasteiger partial charge in [0.1, 0.15) is 23.1 Å². The van der Waals surface area contributed by atoms with Gasteiger partial charge in [-0.2, -0.15) is 5.10 Å². The summed E-state index contributed by atoms with van der Waals surface area (Å²) >= 11 is 0. The summed E-state index contributed by atoms with van der Waals surface area (Å²) in [5.41, 5.74) is 2.56. The topological polar surface area (TPSA) is 59.3 Å². The van der Waals surface area contributed by atoms with Crippen molar-refractivity contribution in [3.05, 3.63) is 83.3 Å². The van der Waals surface area contributed by atoms with Gasteiger partial charge in [-0.15, -0.1) is 0 Å². The first-order valence-electron chi connectivity index (χ1n) is 11.3. The molecule has 0 aliphatic carbocycles. The SMILES string of the molecule is COc1ccc(F)cc1C(C)(C)CC(O)CNc1cc(C)cc2c1cnn2-c1ccc(F)cc1F. The number of aromatic nitrogens is 2. The molecular formula is C27H28F3N3O2. The van der Waals surface area contributed by atoms with Gasteiger partial charge in [0, 0.05) is 29.2 Å². The van der Waals surface area contributed by atoms with Crippen molar-refractivity contribution in [2.75, 3.05) is 19.0 Å². The summed E-state index contributed by atoms with van der Waals surface area (Å²) < 4.78 is 48.5. The van der Waals surface area contributed by atoms with Crippen LogP contribution in [-0.2, 0) is 5.41 Å². The second kappa shape index (κ2) is 9.62. The Balaban J connectivity index is 1.55. The third-order valence-electron chi connectivity index (χ3n) is 6.14. The quantitative estimate of drug-likeness (QED) is 0.328. The van der Waals surface area contributed by atoms with Gasteiger partial charge < -0.3 is 15.2 Å². The Kier molecular flexibility index (Phi) is 6.76. The lowest BCUT2D eigenvalue weighted by Gasteiger charge is -2.30. The summed E-state index contributed by atoms with van der Waals surface area (Å²) in [7, 11) is 1.53. The summed E-state index contributed by atoms with van der Waals surface area (Å²) in [6, 6.07) is 11.5. The average molecular weight is 484 g/mol. The number of benzene rings is 3. The van der Waals surface area contributed by atoms with Crippen molar-refractivity contribution in [1.29, 1.82) is 0 Å². The van der Waals surface area contributed by atoms with Gasteiger partial charge in [0.2, 0.25) is 0 Å². The first kappa shape index (κ1) is 24.6. The van der Waals surface area contributed by atoms with Crippen molar-refractivity contribution in [3.8, 4) is 11.4 Å². The minimum Gasteiger partial charge on any atom is -0.496 e. The molecule has 1 aromatic heterocycles. The van der Waals surface area contributed by atoms with Crippen LogP contribution >= 0.6 is 0 Å². The van der Waals surface area contributed by atoms with Crippen LogP contribution in [0.1, 0.15) is 31.4 Å². The Morgan fingerprint density at radius 1 is 1.06 bits per heavy atom. The number of aryl methyl sites for hydroxylation is 1. The lowest BCUT2D eigenvalue weighted by Crippen LogP contribution is -2.30. The van der Waals surface area contributed by atoms with Gasteiger partial charge in [-0.1, -0.05) is 13.8 Å². The molecular weight excluding hydrogens is 455 g/mol. The van der Waals surface area contributed by atoms with E-state index in [0.29, 0.717) is 23.3 Å². The maximum absolute atomic E-state index is 14.4. The lowest BCUT2D eigenvalue weighted by atomic mass is 9.79. The number of nitrogens with zero attached hydrogens (tertiary/aromatic N) is 2. The molecule has 1 heterocycles. The fourth-order valence-electron chi connectivity index (χ4n) is 4.47. The number of nitrogens with one attached hydrogen (secondary N) is 1. The van der Waals surface area contributed by atoms with E-state index >= 15 is 0 Å². The number of hydrogen-bond acceptors (Lipinski definition) is 4. The maximum atomic E-state index is 14.4. The van der Waals surface area contributed by atoms with E-state index in [1.54, 1.807) is 12.3 Å². The molecule has 0 aliphatic heterocycles. The summed E-state index contributed by atoms with van der Waals surface area (Å²) in [6.07, 6.45) is 1.21. The van der Waals surface area contributed by atoms with E-state index in [1.165, 1.54) is 36.1 Å². The number of anilines is 1. The molecule has 0 fully saturated rings. The van der Waals surface area contributed by atoms with E-state index in [1.807, 2.05) is 32.9 Å². The molecule has 2 N–H and O–H groups in total. The molecule has 0 radical (unpaired) electrons. The van der Waals surface area contributed by atoms with Crippen molar-refractivity contribution >= 4 is 16.6 Å². The molecule has 3 aromatic carbocycles. The third kappa shape index (κ3) is 5.12. The normalized spacial score (nSPS) is 12.7. The first-order chi connectivity index (χ1) is 16.6. The number of halogens is 3. The molecule has 1 atom stereocenters. The van der Waals surface area contributed by atoms with Crippen molar-refractivity contribution in [1.82, 2.24) is 9.78 Å². The van der Waals surface area contributed by atoms with E-state index in [4.69, 9.17) is 4.74 Å². The lowest BCUT2D eigenvalue weighted by molar-refractivity contribution is 0.149. The average Bonchev–Trinajstić information content (AvgIpc) is 3.20. The fourth-order valence-corrected chi connectivity index (χ4v) is 4.47. The molecule has 0 saturated carbocycles. The number of hydrogen-bond donors (Lipinski definition) is 2. The standard InChI is InChI=1S/C27H28F3N3O2/c1-16-9-23(20-15-32-33(25(20)10-16)24-7-5-18(29)12-22(24)30)31-14-19(34)13-27(2,3)21-11-17(28)6-8-26(21)35-4/h5-12,15,19,31,34H,13-14H2,1-4H3. The maximum Gasteiger partial charge on any atom is 0.151 e. The van der Waals surface area contributed by atoms with Gasteiger partial charge >= 0.3 is 0 Å². The van der Waals surface area contributed by atoms with Crippen molar-refractivity contribution in [2.24, 2.45) is 0 Å². The summed E-state index contributed by atoms with van der Waals surface area (Å²) in [6.45, 7) is 5.99. The predicted molar refractivity (Wildman–Crippen MR) is 131 cm³/mol. The minimum absolute atomic E-state index is 0.142. The third-order valence-corrected chi connectivity index (χ3v) is 6.14. The second-order valence-corrected chi connectivity index (χ2v) is 9.36. The van der Waals surface area contributed by atoms with Gasteiger partial charge in [-0.3, -0.25) is 0 Å². The van der Waals surface area contributed by atoms with Crippen LogP contribution in [0.25, 0.3) is 16.6 Å². The Morgan fingerprint density at radius 3 is 2.49 bits per heavy atom. The number of ether oxygens (including phenoxy) is 1. The van der Waals surface area contributed by atoms with Gasteiger partial charge in [0.05, 0.1) is 24.9 Å². The van der Waals surface area contributed by atoms with Crippen LogP contribution in [0.4, 0.5) is 18.9 Å². The number of fused-ring (bicyclic) bond motifs is 1. The molecule has 0 aliphatic rings. The van der Waals surface area contributed by atoms with Crippen LogP contribution < -0.4 is 10.1 Å². The van der Waals surface area contributed by atoms with Gasteiger partial charge in [0.15, 0.2) is 5.82 Å². The molecule has 0 amide bonds. The second-order valence-electron chi connectivity index (χ2n) is 9.36. The zero-order valence-electron chi connectivity index (χ0n) is 20.1. The van der Waals surface area contributed by atoms with E-state index in [9.17, 15) is 18.3 Å². The van der Waals surface area contributed by atoms with Crippen LogP contribution in [0.2, 0.25) is 0 Å². The van der Waals surface area contributed by atoms with Crippen LogP contribution in [0.15, 0.2) is 54.7 Å². The molecule has 0 bridgehead atoms. The largest absolute Gasteiger partial charge is 0.496 e. The van der Waals surface area contributed by atoms with E-state index in [-0.39, 0.29) is 18.0 Å². The minimum atomic E-state index is -0.752. The smallest absolute Gasteiger partial charge is 0.151 e. The molecule has 184 valence electrons. The van der Waals surface area contributed by atoms with Crippen LogP contribution in [0.5, 0.6) is 5.75 Å². The van der Waals surface area contributed by atoms with Gasteiger partial charge in [-0.05, 0) is 66.8 Å².